The molecule has 0 aliphatic rings. The Morgan fingerprint density at radius 1 is 1.42 bits per heavy atom. The second-order valence-electron chi connectivity index (χ2n) is 2.83. The first kappa shape index (κ1) is 7.69. The van der Waals surface area contributed by atoms with E-state index in [1.807, 2.05) is 18.3 Å². The Morgan fingerprint density at radius 3 is 3.00 bits per heavy atom. The molecule has 1 aromatic carbocycles. The molecule has 12 heavy (non-hydrogen) atoms. The summed E-state index contributed by atoms with van der Waals surface area (Å²) < 4.78 is 0. The van der Waals surface area contributed by atoms with Crippen molar-refractivity contribution in [1.29, 1.82) is 0 Å². The van der Waals surface area contributed by atoms with E-state index in [0.717, 1.165) is 16.8 Å². The molecule has 1 heterocycles. The average molecular weight is 180 g/mol. The minimum absolute atomic E-state index is 0.806. The number of para-hydroxylation sites is 1. The van der Waals surface area contributed by atoms with Crippen LogP contribution in [-0.4, -0.2) is 4.98 Å². The first-order valence-corrected chi connectivity index (χ1v) is 4.45. The number of aromatic amines is 1. The lowest BCUT2D eigenvalue weighted by Gasteiger charge is -1.97. The Bertz CT molecular complexity index is 403. The predicted octanol–water partition coefficient (Wildman–Crippen LogP) is 3.38. The number of nitrogens with one attached hydrogen (secondary N) is 1. The number of fused-ring (bicyclic) bond motifs is 1. The maximum Gasteiger partial charge on any atom is 0.0659 e. The molecule has 0 aliphatic carbocycles. The largest absolute Gasteiger partial charge is 0.360 e. The zero-order valence-corrected chi connectivity index (χ0v) is 7.65. The fourth-order valence-corrected chi connectivity index (χ4v) is 1.69. The molecule has 0 bridgehead atoms. The van der Waals surface area contributed by atoms with Gasteiger partial charge in [0, 0.05) is 11.6 Å². The van der Waals surface area contributed by atoms with E-state index in [2.05, 4.69) is 18.0 Å². The van der Waals surface area contributed by atoms with Gasteiger partial charge in [-0.3, -0.25) is 0 Å². The van der Waals surface area contributed by atoms with Crippen LogP contribution in [-0.2, 0) is 6.42 Å². The highest BCUT2D eigenvalue weighted by molar-refractivity contribution is 6.35. The van der Waals surface area contributed by atoms with Crippen LogP contribution in [0.4, 0.5) is 0 Å². The molecule has 0 spiro atoms. The summed E-state index contributed by atoms with van der Waals surface area (Å²) in [5.74, 6) is 0. The number of hydrogen-bond donors (Lipinski definition) is 1. The molecule has 2 heteroatoms. The summed E-state index contributed by atoms with van der Waals surface area (Å²) in [5.41, 5.74) is 2.49. The molecule has 0 amide bonds. The summed E-state index contributed by atoms with van der Waals surface area (Å²) in [4.78, 5) is 3.18. The van der Waals surface area contributed by atoms with Gasteiger partial charge in [-0.2, -0.15) is 0 Å². The van der Waals surface area contributed by atoms with Gasteiger partial charge in [-0.05, 0) is 12.0 Å². The second-order valence-corrected chi connectivity index (χ2v) is 3.24. The number of rotatable bonds is 1. The van der Waals surface area contributed by atoms with E-state index in [4.69, 9.17) is 11.6 Å². The topological polar surface area (TPSA) is 15.8 Å². The van der Waals surface area contributed by atoms with Crippen LogP contribution in [0.25, 0.3) is 10.9 Å². The number of H-pyrrole nitrogens is 1. The molecule has 0 atom stereocenters. The molecule has 1 N–H and O–H groups in total. The van der Waals surface area contributed by atoms with E-state index in [-0.39, 0.29) is 0 Å². The zero-order valence-electron chi connectivity index (χ0n) is 6.89. The molecule has 0 aliphatic heterocycles. The van der Waals surface area contributed by atoms with Crippen molar-refractivity contribution in [2.45, 2.75) is 13.3 Å². The summed E-state index contributed by atoms with van der Waals surface area (Å²) in [6.07, 6.45) is 2.87. The number of hydrogen-bond acceptors (Lipinski definition) is 0. The third-order valence-corrected chi connectivity index (χ3v) is 2.44. The average Bonchev–Trinajstić information content (AvgIpc) is 2.48. The summed E-state index contributed by atoms with van der Waals surface area (Å²) in [6, 6.07) is 6.20. The van der Waals surface area contributed by atoms with Gasteiger partial charge in [-0.15, -0.1) is 0 Å². The molecule has 0 saturated carbocycles. The molecule has 1 aromatic heterocycles. The molecule has 2 aromatic rings. The fraction of sp³-hybridized carbons (Fsp3) is 0.200. The van der Waals surface area contributed by atoms with Crippen molar-refractivity contribution in [2.24, 2.45) is 0 Å². The normalized spacial score (nSPS) is 10.8. The number of halogens is 1. The summed E-state index contributed by atoms with van der Waals surface area (Å²) in [6.45, 7) is 2.14. The number of benzene rings is 1. The molecular formula is C10H10ClN. The standard InChI is InChI=1S/C10H10ClN/c1-2-7-4-3-5-8-9(11)6-12-10(7)8/h3-6,12H,2H2,1H3. The lowest BCUT2D eigenvalue weighted by atomic mass is 10.1. The Labute approximate surface area is 76.4 Å². The maximum absolute atomic E-state index is 5.97. The highest BCUT2D eigenvalue weighted by atomic mass is 35.5. The van der Waals surface area contributed by atoms with Crippen LogP contribution in [0.3, 0.4) is 0 Å². The monoisotopic (exact) mass is 179 g/mol. The Balaban J connectivity index is 2.81. The predicted molar refractivity (Wildman–Crippen MR) is 52.7 cm³/mol. The molecule has 2 rings (SSSR count). The van der Waals surface area contributed by atoms with Crippen molar-refractivity contribution in [3.63, 3.8) is 0 Å². The van der Waals surface area contributed by atoms with Crippen molar-refractivity contribution in [3.05, 3.63) is 35.0 Å². The van der Waals surface area contributed by atoms with Crippen molar-refractivity contribution < 1.29 is 0 Å². The molecule has 0 unspecified atom stereocenters. The summed E-state index contributed by atoms with van der Waals surface area (Å²) >= 11 is 5.97. The Morgan fingerprint density at radius 2 is 2.25 bits per heavy atom. The Hall–Kier alpha value is -0.950. The van der Waals surface area contributed by atoms with Gasteiger partial charge in [0.25, 0.3) is 0 Å². The van der Waals surface area contributed by atoms with Crippen LogP contribution in [0.15, 0.2) is 24.4 Å². The third-order valence-electron chi connectivity index (χ3n) is 2.13. The quantitative estimate of drug-likeness (QED) is 0.691. The van der Waals surface area contributed by atoms with Gasteiger partial charge in [0.05, 0.1) is 10.5 Å². The number of aromatic nitrogens is 1. The van der Waals surface area contributed by atoms with Crippen LogP contribution in [0.1, 0.15) is 12.5 Å². The summed E-state index contributed by atoms with van der Waals surface area (Å²) in [7, 11) is 0. The van der Waals surface area contributed by atoms with Gasteiger partial charge in [-0.1, -0.05) is 36.7 Å². The minimum Gasteiger partial charge on any atom is -0.360 e. The molecule has 0 fully saturated rings. The van der Waals surface area contributed by atoms with E-state index in [0.29, 0.717) is 0 Å². The highest BCUT2D eigenvalue weighted by Crippen LogP contribution is 2.25. The maximum atomic E-state index is 5.97. The highest BCUT2D eigenvalue weighted by Gasteiger charge is 2.02. The van der Waals surface area contributed by atoms with Crippen LogP contribution >= 0.6 is 11.6 Å². The third kappa shape index (κ3) is 1.01. The van der Waals surface area contributed by atoms with Crippen molar-refractivity contribution in [1.82, 2.24) is 4.98 Å². The van der Waals surface area contributed by atoms with Crippen LogP contribution in [0.2, 0.25) is 5.02 Å². The van der Waals surface area contributed by atoms with Gasteiger partial charge in [0.2, 0.25) is 0 Å². The van der Waals surface area contributed by atoms with E-state index in [1.165, 1.54) is 11.1 Å². The lowest BCUT2D eigenvalue weighted by Crippen LogP contribution is -1.80. The lowest BCUT2D eigenvalue weighted by molar-refractivity contribution is 1.15. The van der Waals surface area contributed by atoms with Crippen molar-refractivity contribution in [3.8, 4) is 0 Å². The van der Waals surface area contributed by atoms with Gasteiger partial charge < -0.3 is 4.98 Å². The zero-order chi connectivity index (χ0) is 8.55. The molecular weight excluding hydrogens is 170 g/mol. The number of aryl methyl sites for hydroxylation is 1. The van der Waals surface area contributed by atoms with Crippen LogP contribution in [0, 0.1) is 0 Å². The SMILES string of the molecule is CCc1cccc2c(Cl)c[nH]c12. The minimum atomic E-state index is 0.806. The van der Waals surface area contributed by atoms with Gasteiger partial charge in [0.1, 0.15) is 0 Å². The van der Waals surface area contributed by atoms with E-state index in [1.54, 1.807) is 0 Å². The van der Waals surface area contributed by atoms with Crippen molar-refractivity contribution in [2.75, 3.05) is 0 Å². The molecule has 0 saturated heterocycles. The first-order chi connectivity index (χ1) is 5.83. The van der Waals surface area contributed by atoms with E-state index < -0.39 is 0 Å². The van der Waals surface area contributed by atoms with Gasteiger partial charge >= 0.3 is 0 Å². The van der Waals surface area contributed by atoms with E-state index in [9.17, 15) is 0 Å². The van der Waals surface area contributed by atoms with E-state index >= 15 is 0 Å². The van der Waals surface area contributed by atoms with Crippen LogP contribution in [0.5, 0.6) is 0 Å². The smallest absolute Gasteiger partial charge is 0.0659 e. The first-order valence-electron chi connectivity index (χ1n) is 4.07. The molecule has 1 nitrogen and oxygen atoms in total. The summed E-state index contributed by atoms with van der Waals surface area (Å²) in [5, 5.41) is 1.93. The fourth-order valence-electron chi connectivity index (χ4n) is 1.48. The van der Waals surface area contributed by atoms with Crippen LogP contribution < -0.4 is 0 Å². The molecule has 0 radical (unpaired) electrons. The van der Waals surface area contributed by atoms with Gasteiger partial charge in [-0.25, -0.2) is 0 Å². The Kier molecular flexibility index (Phi) is 1.81. The molecule has 62 valence electrons. The second kappa shape index (κ2) is 2.83. The van der Waals surface area contributed by atoms with Gasteiger partial charge in [0.15, 0.2) is 0 Å². The van der Waals surface area contributed by atoms with Crippen molar-refractivity contribution >= 4 is 22.5 Å².